The second kappa shape index (κ2) is 4.77. The summed E-state index contributed by atoms with van der Waals surface area (Å²) in [5.41, 5.74) is 2.11. The number of hydrogen-bond donors (Lipinski definition) is 1. The van der Waals surface area contributed by atoms with Crippen LogP contribution in [0, 0.1) is 13.8 Å². The molecule has 5 heteroatoms. The maximum Gasteiger partial charge on any atom is 0.257 e. The molecule has 0 bridgehead atoms. The van der Waals surface area contributed by atoms with Crippen LogP contribution in [0.3, 0.4) is 0 Å². The molecule has 0 radical (unpaired) electrons. The fraction of sp³-hybridized carbons (Fsp3) is 0.133. The predicted octanol–water partition coefficient (Wildman–Crippen LogP) is 3.09. The summed E-state index contributed by atoms with van der Waals surface area (Å²) < 4.78 is 4.57. The van der Waals surface area contributed by atoms with E-state index in [0.29, 0.717) is 17.1 Å². The fourth-order valence-electron chi connectivity index (χ4n) is 2.19. The van der Waals surface area contributed by atoms with E-state index in [1.165, 1.54) is 0 Å². The van der Waals surface area contributed by atoms with Crippen molar-refractivity contribution in [2.75, 3.05) is 5.32 Å². The Morgan fingerprint density at radius 2 is 1.90 bits per heavy atom. The van der Waals surface area contributed by atoms with Crippen LogP contribution < -0.4 is 5.32 Å². The van der Waals surface area contributed by atoms with Crippen molar-refractivity contribution >= 4 is 22.5 Å². The van der Waals surface area contributed by atoms with Crippen molar-refractivity contribution in [3.8, 4) is 0 Å². The van der Waals surface area contributed by atoms with Crippen molar-refractivity contribution in [1.29, 1.82) is 0 Å². The molecule has 0 saturated heterocycles. The number of aryl methyl sites for hydroxylation is 2. The molecule has 20 heavy (non-hydrogen) atoms. The average Bonchev–Trinajstić information content (AvgIpc) is 2.85. The molecule has 1 heterocycles. The zero-order valence-electron chi connectivity index (χ0n) is 11.2. The topological polar surface area (TPSA) is 68.0 Å². The van der Waals surface area contributed by atoms with Crippen molar-refractivity contribution in [3.05, 3.63) is 53.2 Å². The Morgan fingerprint density at radius 3 is 2.65 bits per heavy atom. The number of rotatable bonds is 2. The highest BCUT2D eigenvalue weighted by molar-refractivity contribution is 6.08. The molecule has 0 aliphatic rings. The number of benzene rings is 2. The molecule has 2 aromatic carbocycles. The maximum atomic E-state index is 12.3. The minimum absolute atomic E-state index is 0.216. The Labute approximate surface area is 115 Å². The summed E-state index contributed by atoms with van der Waals surface area (Å²) in [4.78, 5) is 12.3. The number of carbonyl (C=O) groups is 1. The monoisotopic (exact) mass is 267 g/mol. The van der Waals surface area contributed by atoms with Crippen LogP contribution in [0.4, 0.5) is 5.82 Å². The normalized spacial score (nSPS) is 10.7. The van der Waals surface area contributed by atoms with Gasteiger partial charge in [-0.2, -0.15) is 0 Å². The van der Waals surface area contributed by atoms with E-state index in [1.807, 2.05) is 43.3 Å². The van der Waals surface area contributed by atoms with Crippen LogP contribution in [0.1, 0.15) is 21.6 Å². The molecule has 0 aliphatic heterocycles. The Bertz CT molecular complexity index is 793. The molecule has 0 unspecified atom stereocenters. The Kier molecular flexibility index (Phi) is 2.95. The summed E-state index contributed by atoms with van der Waals surface area (Å²) in [5, 5.41) is 12.2. The van der Waals surface area contributed by atoms with Gasteiger partial charge in [-0.3, -0.25) is 4.79 Å². The fourth-order valence-corrected chi connectivity index (χ4v) is 2.19. The van der Waals surface area contributed by atoms with Gasteiger partial charge in [0.1, 0.15) is 5.69 Å². The zero-order valence-corrected chi connectivity index (χ0v) is 11.2. The molecular weight excluding hydrogens is 254 g/mol. The summed E-state index contributed by atoms with van der Waals surface area (Å²) in [6.07, 6.45) is 0. The first kappa shape index (κ1) is 12.3. The maximum absolute atomic E-state index is 12.3. The average molecular weight is 267 g/mol. The van der Waals surface area contributed by atoms with Gasteiger partial charge in [-0.1, -0.05) is 35.5 Å². The van der Waals surface area contributed by atoms with Gasteiger partial charge < -0.3 is 5.32 Å². The van der Waals surface area contributed by atoms with Gasteiger partial charge in [0.25, 0.3) is 5.91 Å². The van der Waals surface area contributed by atoms with Gasteiger partial charge in [-0.05, 0) is 41.4 Å². The lowest BCUT2D eigenvalue weighted by Crippen LogP contribution is -2.14. The van der Waals surface area contributed by atoms with E-state index >= 15 is 0 Å². The third-order valence-corrected chi connectivity index (χ3v) is 3.33. The molecular formula is C15H13N3O2. The Morgan fingerprint density at radius 1 is 1.10 bits per heavy atom. The Hall–Kier alpha value is -2.69. The van der Waals surface area contributed by atoms with Gasteiger partial charge in [-0.25, -0.2) is 4.63 Å². The molecule has 0 spiro atoms. The van der Waals surface area contributed by atoms with E-state index in [9.17, 15) is 4.79 Å². The highest BCUT2D eigenvalue weighted by atomic mass is 16.6. The molecule has 3 aromatic rings. The van der Waals surface area contributed by atoms with Crippen molar-refractivity contribution in [2.24, 2.45) is 0 Å². The van der Waals surface area contributed by atoms with E-state index in [2.05, 4.69) is 20.3 Å². The summed E-state index contributed by atoms with van der Waals surface area (Å²) in [7, 11) is 0. The highest BCUT2D eigenvalue weighted by Gasteiger charge is 2.14. The van der Waals surface area contributed by atoms with Crippen LogP contribution in [0.25, 0.3) is 10.8 Å². The first-order valence-corrected chi connectivity index (χ1v) is 6.25. The molecule has 3 rings (SSSR count). The standard InChI is InChI=1S/C15H13N3O2/c1-9-12-6-4-3-5-11(12)7-8-13(9)15(19)16-14-10(2)17-20-18-14/h3-8H,1-2H3,(H,16,18,19). The molecule has 1 N–H and O–H groups in total. The third-order valence-electron chi connectivity index (χ3n) is 3.33. The number of fused-ring (bicyclic) bond motifs is 1. The number of hydrogen-bond acceptors (Lipinski definition) is 4. The molecule has 0 fully saturated rings. The van der Waals surface area contributed by atoms with Gasteiger partial charge in [0.15, 0.2) is 0 Å². The van der Waals surface area contributed by atoms with Crippen LogP contribution in [0.2, 0.25) is 0 Å². The molecule has 100 valence electrons. The molecule has 1 aromatic heterocycles. The Balaban J connectivity index is 2.00. The second-order valence-electron chi connectivity index (χ2n) is 4.61. The lowest BCUT2D eigenvalue weighted by atomic mass is 10.00. The van der Waals surface area contributed by atoms with Crippen molar-refractivity contribution in [1.82, 2.24) is 10.3 Å². The van der Waals surface area contributed by atoms with Gasteiger partial charge >= 0.3 is 0 Å². The minimum Gasteiger partial charge on any atom is -0.302 e. The largest absolute Gasteiger partial charge is 0.302 e. The lowest BCUT2D eigenvalue weighted by Gasteiger charge is -2.08. The van der Waals surface area contributed by atoms with Gasteiger partial charge in [0.05, 0.1) is 0 Å². The van der Waals surface area contributed by atoms with E-state index < -0.39 is 0 Å². The number of nitrogens with zero attached hydrogens (tertiary/aromatic N) is 2. The van der Waals surface area contributed by atoms with E-state index in [1.54, 1.807) is 6.92 Å². The number of amides is 1. The number of nitrogens with one attached hydrogen (secondary N) is 1. The van der Waals surface area contributed by atoms with Crippen molar-refractivity contribution < 1.29 is 9.42 Å². The second-order valence-corrected chi connectivity index (χ2v) is 4.61. The van der Waals surface area contributed by atoms with Gasteiger partial charge in [0.2, 0.25) is 5.82 Å². The lowest BCUT2D eigenvalue weighted by molar-refractivity contribution is 0.102. The first-order valence-electron chi connectivity index (χ1n) is 6.25. The summed E-state index contributed by atoms with van der Waals surface area (Å²) >= 11 is 0. The van der Waals surface area contributed by atoms with E-state index in [4.69, 9.17) is 0 Å². The SMILES string of the molecule is Cc1nonc1NC(=O)c1ccc2ccccc2c1C. The zero-order chi connectivity index (χ0) is 14.1. The highest BCUT2D eigenvalue weighted by Crippen LogP contribution is 2.22. The van der Waals surface area contributed by atoms with Gasteiger partial charge in [-0.15, -0.1) is 0 Å². The number of aromatic nitrogens is 2. The van der Waals surface area contributed by atoms with Crippen LogP contribution in [0.5, 0.6) is 0 Å². The third kappa shape index (κ3) is 2.03. The van der Waals surface area contributed by atoms with Crippen LogP contribution >= 0.6 is 0 Å². The molecule has 0 atom stereocenters. The molecule has 1 amide bonds. The first-order chi connectivity index (χ1) is 9.66. The number of anilines is 1. The predicted molar refractivity (Wildman–Crippen MR) is 75.7 cm³/mol. The summed E-state index contributed by atoms with van der Waals surface area (Å²) in [5.74, 6) is 0.134. The molecule has 5 nitrogen and oxygen atoms in total. The smallest absolute Gasteiger partial charge is 0.257 e. The van der Waals surface area contributed by atoms with E-state index in [-0.39, 0.29) is 5.91 Å². The van der Waals surface area contributed by atoms with Crippen LogP contribution in [-0.4, -0.2) is 16.2 Å². The minimum atomic E-state index is -0.216. The summed E-state index contributed by atoms with van der Waals surface area (Å²) in [6, 6.07) is 11.7. The van der Waals surface area contributed by atoms with Crippen molar-refractivity contribution in [3.63, 3.8) is 0 Å². The van der Waals surface area contributed by atoms with E-state index in [0.717, 1.165) is 16.3 Å². The van der Waals surface area contributed by atoms with Crippen molar-refractivity contribution in [2.45, 2.75) is 13.8 Å². The quantitative estimate of drug-likeness (QED) is 0.774. The van der Waals surface area contributed by atoms with Gasteiger partial charge in [0, 0.05) is 5.56 Å². The van der Waals surface area contributed by atoms with Crippen LogP contribution in [-0.2, 0) is 0 Å². The summed E-state index contributed by atoms with van der Waals surface area (Å²) in [6.45, 7) is 3.66. The molecule has 0 aliphatic carbocycles. The number of carbonyl (C=O) groups excluding carboxylic acids is 1. The molecule has 0 saturated carbocycles. The van der Waals surface area contributed by atoms with Crippen LogP contribution in [0.15, 0.2) is 41.0 Å².